The molecule has 1 heterocycles. The molecule has 0 radical (unpaired) electrons. The van der Waals surface area contributed by atoms with E-state index < -0.39 is 6.10 Å². The van der Waals surface area contributed by atoms with Crippen molar-refractivity contribution in [3.05, 3.63) is 30.1 Å². The second-order valence-electron chi connectivity index (χ2n) is 4.10. The van der Waals surface area contributed by atoms with Crippen LogP contribution in [0.1, 0.15) is 12.8 Å². The highest BCUT2D eigenvalue weighted by Gasteiger charge is 2.30. The van der Waals surface area contributed by atoms with Gasteiger partial charge in [-0.1, -0.05) is 0 Å². The summed E-state index contributed by atoms with van der Waals surface area (Å²) in [7, 11) is 0. The van der Waals surface area contributed by atoms with Crippen molar-refractivity contribution in [2.24, 2.45) is 5.84 Å². The van der Waals surface area contributed by atoms with Crippen LogP contribution in [0.4, 0.5) is 4.39 Å². The number of carbonyl (C=O) groups excluding carboxylic acids is 1. The lowest BCUT2D eigenvalue weighted by molar-refractivity contribution is -0.131. The Morgan fingerprint density at radius 2 is 2.17 bits per heavy atom. The molecule has 1 saturated heterocycles. The van der Waals surface area contributed by atoms with Crippen molar-refractivity contribution in [3.63, 3.8) is 0 Å². The molecule has 1 aliphatic heterocycles. The van der Waals surface area contributed by atoms with Crippen molar-refractivity contribution in [2.75, 3.05) is 5.75 Å². The van der Waals surface area contributed by atoms with Crippen LogP contribution in [0.3, 0.4) is 0 Å². The number of thioether (sulfide) groups is 1. The van der Waals surface area contributed by atoms with Gasteiger partial charge in [0.05, 0.1) is 6.10 Å². The Balaban J connectivity index is 1.78. The van der Waals surface area contributed by atoms with E-state index in [0.717, 1.165) is 17.1 Å². The molecule has 0 aromatic heterocycles. The van der Waals surface area contributed by atoms with Crippen LogP contribution in [-0.2, 0) is 9.53 Å². The van der Waals surface area contributed by atoms with E-state index in [1.807, 2.05) is 0 Å². The van der Waals surface area contributed by atoms with Crippen LogP contribution in [0.15, 0.2) is 29.2 Å². The standard InChI is InChI=1S/C12H15FN2O2S/c13-8-1-4-10(5-2-8)18-7-9-3-6-11(17-9)12(16)15-14/h1-2,4-5,9,11H,3,6-7,14H2,(H,15,16). The average molecular weight is 270 g/mol. The van der Waals surface area contributed by atoms with Gasteiger partial charge in [0.2, 0.25) is 0 Å². The summed E-state index contributed by atoms with van der Waals surface area (Å²) in [5, 5.41) is 0. The molecule has 1 aromatic carbocycles. The van der Waals surface area contributed by atoms with Crippen LogP contribution >= 0.6 is 11.8 Å². The lowest BCUT2D eigenvalue weighted by Gasteiger charge is -2.12. The predicted molar refractivity (Wildman–Crippen MR) is 67.3 cm³/mol. The first-order chi connectivity index (χ1) is 8.69. The molecule has 1 amide bonds. The first kappa shape index (κ1) is 13.3. The van der Waals surface area contributed by atoms with Crippen molar-refractivity contribution >= 4 is 17.7 Å². The summed E-state index contributed by atoms with van der Waals surface area (Å²) in [6.45, 7) is 0. The van der Waals surface area contributed by atoms with E-state index in [1.165, 1.54) is 12.1 Å². The Labute approximate surface area is 109 Å². The van der Waals surface area contributed by atoms with Gasteiger partial charge in [0.15, 0.2) is 0 Å². The van der Waals surface area contributed by atoms with E-state index in [-0.39, 0.29) is 17.8 Å². The average Bonchev–Trinajstić information content (AvgIpc) is 2.86. The van der Waals surface area contributed by atoms with Gasteiger partial charge in [-0.25, -0.2) is 10.2 Å². The zero-order valence-corrected chi connectivity index (χ0v) is 10.6. The Kier molecular flexibility index (Phi) is 4.57. The molecule has 1 aliphatic rings. The number of ether oxygens (including phenoxy) is 1. The maximum absolute atomic E-state index is 12.7. The summed E-state index contributed by atoms with van der Waals surface area (Å²) < 4.78 is 18.3. The van der Waals surface area contributed by atoms with Gasteiger partial charge in [-0.05, 0) is 37.1 Å². The van der Waals surface area contributed by atoms with Gasteiger partial charge in [0.25, 0.3) is 5.91 Å². The Morgan fingerprint density at radius 3 is 2.83 bits per heavy atom. The largest absolute Gasteiger partial charge is 0.364 e. The van der Waals surface area contributed by atoms with Crippen molar-refractivity contribution in [1.29, 1.82) is 0 Å². The number of nitrogens with one attached hydrogen (secondary N) is 1. The molecule has 0 aliphatic carbocycles. The summed E-state index contributed by atoms with van der Waals surface area (Å²) in [6.07, 6.45) is 1.14. The fraction of sp³-hybridized carbons (Fsp3) is 0.417. The molecule has 0 spiro atoms. The molecule has 0 bridgehead atoms. The molecule has 1 aromatic rings. The Bertz CT molecular complexity index is 413. The van der Waals surface area contributed by atoms with Gasteiger partial charge in [0, 0.05) is 10.6 Å². The zero-order chi connectivity index (χ0) is 13.0. The molecule has 98 valence electrons. The maximum atomic E-state index is 12.7. The third kappa shape index (κ3) is 3.44. The summed E-state index contributed by atoms with van der Waals surface area (Å²) in [5.41, 5.74) is 2.10. The minimum Gasteiger partial charge on any atom is -0.364 e. The number of hydrogen-bond acceptors (Lipinski definition) is 4. The van der Waals surface area contributed by atoms with Crippen LogP contribution in [0.5, 0.6) is 0 Å². The highest BCUT2D eigenvalue weighted by Crippen LogP contribution is 2.26. The van der Waals surface area contributed by atoms with E-state index in [0.29, 0.717) is 6.42 Å². The first-order valence-corrected chi connectivity index (χ1v) is 6.72. The summed E-state index contributed by atoms with van der Waals surface area (Å²) in [6, 6.07) is 6.34. The van der Waals surface area contributed by atoms with Gasteiger partial charge in [-0.2, -0.15) is 0 Å². The monoisotopic (exact) mass is 270 g/mol. The molecule has 2 unspecified atom stereocenters. The number of nitrogens with two attached hydrogens (primary N) is 1. The van der Waals surface area contributed by atoms with Gasteiger partial charge >= 0.3 is 0 Å². The molecule has 6 heteroatoms. The Morgan fingerprint density at radius 1 is 1.44 bits per heavy atom. The fourth-order valence-electron chi connectivity index (χ4n) is 1.83. The van der Waals surface area contributed by atoms with Crippen LogP contribution in [0, 0.1) is 5.82 Å². The molecular weight excluding hydrogens is 255 g/mol. The Hall–Kier alpha value is -1.11. The van der Waals surface area contributed by atoms with Gasteiger partial charge in [0.1, 0.15) is 11.9 Å². The number of benzene rings is 1. The molecule has 2 rings (SSSR count). The van der Waals surface area contributed by atoms with E-state index in [4.69, 9.17) is 10.6 Å². The van der Waals surface area contributed by atoms with E-state index >= 15 is 0 Å². The molecule has 4 nitrogen and oxygen atoms in total. The van der Waals surface area contributed by atoms with Crippen molar-refractivity contribution in [3.8, 4) is 0 Å². The summed E-state index contributed by atoms with van der Waals surface area (Å²) in [4.78, 5) is 12.3. The quantitative estimate of drug-likeness (QED) is 0.376. The van der Waals surface area contributed by atoms with Crippen molar-refractivity contribution in [1.82, 2.24) is 5.43 Å². The smallest absolute Gasteiger partial charge is 0.263 e. The number of carbonyl (C=O) groups is 1. The van der Waals surface area contributed by atoms with Crippen LogP contribution in [0.2, 0.25) is 0 Å². The van der Waals surface area contributed by atoms with E-state index in [9.17, 15) is 9.18 Å². The van der Waals surface area contributed by atoms with Gasteiger partial charge in [-0.15, -0.1) is 11.8 Å². The SMILES string of the molecule is NNC(=O)C1CCC(CSc2ccc(F)cc2)O1. The number of amides is 1. The molecule has 18 heavy (non-hydrogen) atoms. The van der Waals surface area contributed by atoms with Gasteiger partial charge in [-0.3, -0.25) is 10.2 Å². The van der Waals surface area contributed by atoms with Gasteiger partial charge < -0.3 is 4.74 Å². The van der Waals surface area contributed by atoms with Crippen LogP contribution < -0.4 is 11.3 Å². The van der Waals surface area contributed by atoms with E-state index in [1.54, 1.807) is 23.9 Å². The number of hydrazine groups is 1. The normalized spacial score (nSPS) is 23.0. The predicted octanol–water partition coefficient (Wildman–Crippen LogP) is 1.46. The maximum Gasteiger partial charge on any atom is 0.263 e. The highest BCUT2D eigenvalue weighted by molar-refractivity contribution is 7.99. The topological polar surface area (TPSA) is 64.3 Å². The third-order valence-corrected chi connectivity index (χ3v) is 3.94. The first-order valence-electron chi connectivity index (χ1n) is 5.73. The number of halogens is 1. The lowest BCUT2D eigenvalue weighted by atomic mass is 10.2. The van der Waals surface area contributed by atoms with Crippen molar-refractivity contribution < 1.29 is 13.9 Å². The van der Waals surface area contributed by atoms with Crippen molar-refractivity contribution in [2.45, 2.75) is 29.9 Å². The second kappa shape index (κ2) is 6.17. The molecule has 2 atom stereocenters. The number of hydrogen-bond donors (Lipinski definition) is 2. The van der Waals surface area contributed by atoms with E-state index in [2.05, 4.69) is 5.43 Å². The number of rotatable bonds is 4. The highest BCUT2D eigenvalue weighted by atomic mass is 32.2. The minimum atomic E-state index is -0.436. The zero-order valence-electron chi connectivity index (χ0n) is 9.77. The van der Waals surface area contributed by atoms with Crippen LogP contribution in [-0.4, -0.2) is 23.9 Å². The lowest BCUT2D eigenvalue weighted by Crippen LogP contribution is -2.39. The van der Waals surface area contributed by atoms with Crippen LogP contribution in [0.25, 0.3) is 0 Å². The fourth-order valence-corrected chi connectivity index (χ4v) is 2.79. The minimum absolute atomic E-state index is 0.0438. The molecular formula is C12H15FN2O2S. The molecule has 0 saturated carbocycles. The molecule has 1 fully saturated rings. The molecule has 3 N–H and O–H groups in total. The third-order valence-electron chi connectivity index (χ3n) is 2.79. The summed E-state index contributed by atoms with van der Waals surface area (Å²) >= 11 is 1.59. The summed E-state index contributed by atoms with van der Waals surface area (Å²) in [5.74, 6) is 5.29. The second-order valence-corrected chi connectivity index (χ2v) is 5.19.